The molecule has 3 rings (SSSR count). The predicted octanol–water partition coefficient (Wildman–Crippen LogP) is 5.29. The van der Waals surface area contributed by atoms with Gasteiger partial charge >= 0.3 is 0 Å². The highest BCUT2D eigenvalue weighted by Gasteiger charge is 2.36. The number of carbonyl (C=O) groups excluding carboxylic acids is 2. The Balaban J connectivity index is 1.89. The SMILES string of the molecule is CC(C)(C)CC(=O)N(CC(=O)N1CCc2sccc2C1c1ccccc1)C(C)(C)C. The van der Waals surface area contributed by atoms with Gasteiger partial charge in [0.15, 0.2) is 0 Å². The molecule has 0 spiro atoms. The number of nitrogens with zero attached hydrogens (tertiary/aromatic N) is 2. The van der Waals surface area contributed by atoms with Crippen LogP contribution in [0.5, 0.6) is 0 Å². The van der Waals surface area contributed by atoms with Crippen LogP contribution in [0.4, 0.5) is 0 Å². The highest BCUT2D eigenvalue weighted by atomic mass is 32.1. The molecule has 1 aliphatic rings. The largest absolute Gasteiger partial charge is 0.330 e. The lowest BCUT2D eigenvalue weighted by Crippen LogP contribution is -2.53. The minimum Gasteiger partial charge on any atom is -0.330 e. The van der Waals surface area contributed by atoms with Crippen LogP contribution in [-0.2, 0) is 16.0 Å². The van der Waals surface area contributed by atoms with E-state index in [1.54, 1.807) is 16.2 Å². The third kappa shape index (κ3) is 5.12. The molecule has 0 aliphatic carbocycles. The molecule has 0 bridgehead atoms. The second kappa shape index (κ2) is 8.54. The van der Waals surface area contributed by atoms with E-state index in [4.69, 9.17) is 0 Å². The zero-order valence-electron chi connectivity index (χ0n) is 19.1. The van der Waals surface area contributed by atoms with Gasteiger partial charge < -0.3 is 9.80 Å². The van der Waals surface area contributed by atoms with Crippen LogP contribution < -0.4 is 0 Å². The molecule has 162 valence electrons. The number of fused-ring (bicyclic) bond motifs is 1. The maximum Gasteiger partial charge on any atom is 0.243 e. The summed E-state index contributed by atoms with van der Waals surface area (Å²) in [6, 6.07) is 12.3. The Kier molecular flexibility index (Phi) is 6.42. The van der Waals surface area contributed by atoms with Gasteiger partial charge in [0, 0.05) is 23.4 Å². The zero-order chi connectivity index (χ0) is 22.1. The molecule has 1 aromatic carbocycles. The first-order chi connectivity index (χ1) is 14.0. The third-order valence-corrected chi connectivity index (χ3v) is 6.48. The molecule has 30 heavy (non-hydrogen) atoms. The van der Waals surface area contributed by atoms with Gasteiger partial charge in [-0.1, -0.05) is 51.1 Å². The maximum absolute atomic E-state index is 13.6. The van der Waals surface area contributed by atoms with Crippen molar-refractivity contribution in [2.24, 2.45) is 5.41 Å². The van der Waals surface area contributed by atoms with Crippen LogP contribution in [0.2, 0.25) is 0 Å². The van der Waals surface area contributed by atoms with E-state index in [1.165, 1.54) is 10.4 Å². The van der Waals surface area contributed by atoms with E-state index in [9.17, 15) is 9.59 Å². The van der Waals surface area contributed by atoms with Crippen molar-refractivity contribution in [1.82, 2.24) is 9.80 Å². The molecule has 0 fully saturated rings. The summed E-state index contributed by atoms with van der Waals surface area (Å²) < 4.78 is 0. The fourth-order valence-corrected chi connectivity index (χ4v) is 4.96. The average Bonchev–Trinajstić information content (AvgIpc) is 3.12. The monoisotopic (exact) mass is 426 g/mol. The van der Waals surface area contributed by atoms with E-state index in [1.807, 2.05) is 43.9 Å². The molecule has 1 aliphatic heterocycles. The summed E-state index contributed by atoms with van der Waals surface area (Å²) in [6.07, 6.45) is 1.29. The highest BCUT2D eigenvalue weighted by Crippen LogP contribution is 2.38. The molecule has 4 nitrogen and oxygen atoms in total. The number of hydrogen-bond donors (Lipinski definition) is 0. The van der Waals surface area contributed by atoms with Gasteiger partial charge in [-0.25, -0.2) is 0 Å². The molecule has 0 saturated heterocycles. The van der Waals surface area contributed by atoms with Gasteiger partial charge in [0.25, 0.3) is 0 Å². The fraction of sp³-hybridized carbons (Fsp3) is 0.520. The zero-order valence-corrected chi connectivity index (χ0v) is 19.9. The van der Waals surface area contributed by atoms with Crippen LogP contribution in [-0.4, -0.2) is 40.2 Å². The Morgan fingerprint density at radius 2 is 1.73 bits per heavy atom. The highest BCUT2D eigenvalue weighted by molar-refractivity contribution is 7.10. The van der Waals surface area contributed by atoms with Gasteiger partial charge in [-0.3, -0.25) is 9.59 Å². The Bertz CT molecular complexity index is 890. The molecule has 1 aromatic heterocycles. The number of amides is 2. The normalized spacial score (nSPS) is 16.9. The molecule has 0 radical (unpaired) electrons. The number of benzene rings is 1. The first-order valence-electron chi connectivity index (χ1n) is 10.7. The lowest BCUT2D eigenvalue weighted by molar-refractivity contribution is -0.147. The number of hydrogen-bond acceptors (Lipinski definition) is 3. The Morgan fingerprint density at radius 1 is 1.07 bits per heavy atom. The van der Waals surface area contributed by atoms with Gasteiger partial charge in [0.2, 0.25) is 11.8 Å². The Hall–Kier alpha value is -2.14. The van der Waals surface area contributed by atoms with Gasteiger partial charge in [-0.2, -0.15) is 0 Å². The summed E-state index contributed by atoms with van der Waals surface area (Å²) in [5.41, 5.74) is 1.80. The van der Waals surface area contributed by atoms with E-state index >= 15 is 0 Å². The van der Waals surface area contributed by atoms with Crippen LogP contribution in [0, 0.1) is 5.41 Å². The molecule has 2 aromatic rings. The first kappa shape index (κ1) is 22.5. The summed E-state index contributed by atoms with van der Waals surface area (Å²) in [5, 5.41) is 2.11. The Labute approximate surface area is 184 Å². The molecule has 0 saturated carbocycles. The molecular weight excluding hydrogens is 392 g/mol. The third-order valence-electron chi connectivity index (χ3n) is 5.49. The molecule has 2 heterocycles. The van der Waals surface area contributed by atoms with Crippen LogP contribution in [0.25, 0.3) is 0 Å². The maximum atomic E-state index is 13.6. The second-order valence-electron chi connectivity index (χ2n) is 10.3. The van der Waals surface area contributed by atoms with Crippen LogP contribution in [0.1, 0.15) is 70.0 Å². The number of rotatable bonds is 4. The van der Waals surface area contributed by atoms with E-state index in [2.05, 4.69) is 44.4 Å². The first-order valence-corrected chi connectivity index (χ1v) is 11.6. The molecule has 0 N–H and O–H groups in total. The second-order valence-corrected chi connectivity index (χ2v) is 11.3. The van der Waals surface area contributed by atoms with Crippen molar-refractivity contribution in [2.75, 3.05) is 13.1 Å². The topological polar surface area (TPSA) is 40.6 Å². The van der Waals surface area contributed by atoms with Crippen molar-refractivity contribution < 1.29 is 9.59 Å². The molecule has 1 atom stereocenters. The van der Waals surface area contributed by atoms with Crippen molar-refractivity contribution in [1.29, 1.82) is 0 Å². The lowest BCUT2D eigenvalue weighted by atomic mass is 9.90. The molecular formula is C25H34N2O2S. The standard InChI is InChI=1S/C25H34N2O2S/c1-24(2,3)16-21(28)27(25(4,5)6)17-22(29)26-14-12-20-19(13-15-30-20)23(26)18-10-8-7-9-11-18/h7-11,13,15,23H,12,14,16-17H2,1-6H3. The summed E-state index contributed by atoms with van der Waals surface area (Å²) in [4.78, 5) is 31.7. The van der Waals surface area contributed by atoms with E-state index in [0.717, 1.165) is 12.0 Å². The minimum atomic E-state index is -0.413. The van der Waals surface area contributed by atoms with Gasteiger partial charge in [-0.15, -0.1) is 11.3 Å². The van der Waals surface area contributed by atoms with E-state index < -0.39 is 5.54 Å². The smallest absolute Gasteiger partial charge is 0.243 e. The fourth-order valence-electron chi connectivity index (χ4n) is 4.05. The Morgan fingerprint density at radius 3 is 2.33 bits per heavy atom. The van der Waals surface area contributed by atoms with E-state index in [0.29, 0.717) is 13.0 Å². The predicted molar refractivity (Wildman–Crippen MR) is 124 cm³/mol. The van der Waals surface area contributed by atoms with Crippen molar-refractivity contribution in [3.63, 3.8) is 0 Å². The van der Waals surface area contributed by atoms with Crippen molar-refractivity contribution >= 4 is 23.2 Å². The lowest BCUT2D eigenvalue weighted by Gasteiger charge is -2.41. The molecule has 1 unspecified atom stereocenters. The average molecular weight is 427 g/mol. The van der Waals surface area contributed by atoms with Crippen LogP contribution >= 0.6 is 11.3 Å². The molecule has 2 amide bonds. The van der Waals surface area contributed by atoms with Crippen LogP contribution in [0.3, 0.4) is 0 Å². The van der Waals surface area contributed by atoms with Crippen molar-refractivity contribution in [3.8, 4) is 0 Å². The quantitative estimate of drug-likeness (QED) is 0.667. The number of thiophene rings is 1. The van der Waals surface area contributed by atoms with Gasteiger partial charge in [0.05, 0.1) is 6.04 Å². The van der Waals surface area contributed by atoms with Crippen molar-refractivity contribution in [2.45, 2.75) is 66.0 Å². The van der Waals surface area contributed by atoms with Gasteiger partial charge in [-0.05, 0) is 55.2 Å². The van der Waals surface area contributed by atoms with Crippen LogP contribution in [0.15, 0.2) is 41.8 Å². The van der Waals surface area contributed by atoms with Crippen molar-refractivity contribution in [3.05, 3.63) is 57.8 Å². The number of carbonyl (C=O) groups is 2. The molecule has 5 heteroatoms. The van der Waals surface area contributed by atoms with Gasteiger partial charge in [0.1, 0.15) is 6.54 Å². The summed E-state index contributed by atoms with van der Waals surface area (Å²) in [7, 11) is 0. The summed E-state index contributed by atoms with van der Waals surface area (Å²) in [5.74, 6) is 0.0470. The summed E-state index contributed by atoms with van der Waals surface area (Å²) in [6.45, 7) is 13.0. The van der Waals surface area contributed by atoms with E-state index in [-0.39, 0.29) is 29.8 Å². The summed E-state index contributed by atoms with van der Waals surface area (Å²) >= 11 is 1.76. The minimum absolute atomic E-state index is 0.0119.